The molecule has 2 aromatic heterocycles. The van der Waals surface area contributed by atoms with E-state index >= 15 is 0 Å². The quantitative estimate of drug-likeness (QED) is 0.698. The van der Waals surface area contributed by atoms with Crippen molar-refractivity contribution in [3.8, 4) is 0 Å². The van der Waals surface area contributed by atoms with Crippen molar-refractivity contribution < 1.29 is 0 Å². The summed E-state index contributed by atoms with van der Waals surface area (Å²) in [6.45, 7) is 1.86. The molecule has 1 aromatic carbocycles. The Labute approximate surface area is 131 Å². The molecule has 0 saturated carbocycles. The number of aromatic nitrogens is 2. The van der Waals surface area contributed by atoms with Crippen molar-refractivity contribution in [1.82, 2.24) is 9.97 Å². The van der Waals surface area contributed by atoms with E-state index in [0.29, 0.717) is 11.3 Å². The molecule has 1 aliphatic rings. The van der Waals surface area contributed by atoms with Crippen molar-refractivity contribution in [3.05, 3.63) is 29.5 Å². The van der Waals surface area contributed by atoms with Gasteiger partial charge in [0, 0.05) is 29.2 Å². The summed E-state index contributed by atoms with van der Waals surface area (Å²) in [5.41, 5.74) is 6.95. The highest BCUT2D eigenvalue weighted by molar-refractivity contribution is 7.26. The number of anilines is 1. The van der Waals surface area contributed by atoms with Crippen LogP contribution in [0.2, 0.25) is 5.28 Å². The van der Waals surface area contributed by atoms with Crippen LogP contribution in [0.15, 0.2) is 24.3 Å². The van der Waals surface area contributed by atoms with Gasteiger partial charge in [-0.3, -0.25) is 0 Å². The molecule has 4 nitrogen and oxygen atoms in total. The van der Waals surface area contributed by atoms with E-state index in [-0.39, 0.29) is 0 Å². The number of piperidine rings is 1. The lowest BCUT2D eigenvalue weighted by Gasteiger charge is -2.31. The fourth-order valence-corrected chi connectivity index (χ4v) is 4.20. The summed E-state index contributed by atoms with van der Waals surface area (Å²) in [5, 5.41) is 1.47. The molecule has 108 valence electrons. The molecule has 0 unspecified atom stereocenters. The van der Waals surface area contributed by atoms with Crippen LogP contribution >= 0.6 is 22.9 Å². The van der Waals surface area contributed by atoms with Gasteiger partial charge in [0.2, 0.25) is 5.28 Å². The maximum Gasteiger partial charge on any atom is 0.224 e. The molecule has 1 saturated heterocycles. The molecule has 1 fully saturated rings. The summed E-state index contributed by atoms with van der Waals surface area (Å²) in [6.07, 6.45) is 1.99. The number of nitrogens with two attached hydrogens (primary N) is 1. The molecule has 6 heteroatoms. The topological polar surface area (TPSA) is 55.0 Å². The molecule has 0 aliphatic carbocycles. The van der Waals surface area contributed by atoms with Crippen LogP contribution in [0.3, 0.4) is 0 Å². The number of rotatable bonds is 1. The van der Waals surface area contributed by atoms with Gasteiger partial charge in [0.15, 0.2) is 5.82 Å². The fourth-order valence-electron chi connectivity index (χ4n) is 2.88. The van der Waals surface area contributed by atoms with Crippen molar-refractivity contribution in [1.29, 1.82) is 0 Å². The highest BCUT2D eigenvalue weighted by Gasteiger charge is 2.22. The zero-order valence-electron chi connectivity index (χ0n) is 11.4. The summed E-state index contributed by atoms with van der Waals surface area (Å²) in [4.78, 5) is 11.2. The van der Waals surface area contributed by atoms with E-state index in [2.05, 4.69) is 27.0 Å². The average Bonchev–Trinajstić information content (AvgIpc) is 2.86. The molecular weight excluding hydrogens is 304 g/mol. The van der Waals surface area contributed by atoms with E-state index < -0.39 is 0 Å². The predicted molar refractivity (Wildman–Crippen MR) is 89.4 cm³/mol. The zero-order valence-corrected chi connectivity index (χ0v) is 13.0. The number of nitrogens with zero attached hydrogens (tertiary/aromatic N) is 3. The molecule has 0 bridgehead atoms. The number of halogens is 1. The van der Waals surface area contributed by atoms with Gasteiger partial charge in [0.25, 0.3) is 0 Å². The maximum absolute atomic E-state index is 6.16. The second kappa shape index (κ2) is 5.09. The molecular formula is C15H15ClN4S. The Morgan fingerprint density at radius 2 is 1.95 bits per heavy atom. The predicted octanol–water partition coefficient (Wildman–Crippen LogP) is 3.43. The van der Waals surface area contributed by atoms with Crippen molar-refractivity contribution in [2.75, 3.05) is 18.0 Å². The lowest BCUT2D eigenvalue weighted by molar-refractivity contribution is 0.499. The minimum absolute atomic E-state index is 0.302. The van der Waals surface area contributed by atoms with E-state index in [1.165, 1.54) is 4.70 Å². The van der Waals surface area contributed by atoms with E-state index in [0.717, 1.165) is 47.4 Å². The molecule has 0 radical (unpaired) electrons. The van der Waals surface area contributed by atoms with E-state index in [9.17, 15) is 0 Å². The van der Waals surface area contributed by atoms with Crippen molar-refractivity contribution in [2.24, 2.45) is 5.73 Å². The first-order valence-electron chi connectivity index (χ1n) is 7.07. The van der Waals surface area contributed by atoms with Gasteiger partial charge in [0.1, 0.15) is 0 Å². The van der Waals surface area contributed by atoms with Crippen LogP contribution in [-0.4, -0.2) is 29.1 Å². The lowest BCUT2D eigenvalue weighted by atomic mass is 10.1. The maximum atomic E-state index is 6.16. The summed E-state index contributed by atoms with van der Waals surface area (Å²) in [7, 11) is 0. The monoisotopic (exact) mass is 318 g/mol. The molecule has 3 aromatic rings. The average molecular weight is 319 g/mol. The molecule has 4 rings (SSSR count). The first kappa shape index (κ1) is 13.2. The largest absolute Gasteiger partial charge is 0.355 e. The van der Waals surface area contributed by atoms with Crippen molar-refractivity contribution in [2.45, 2.75) is 18.9 Å². The summed E-state index contributed by atoms with van der Waals surface area (Å²) >= 11 is 7.89. The molecule has 0 atom stereocenters. The second-order valence-electron chi connectivity index (χ2n) is 5.42. The Kier molecular flexibility index (Phi) is 3.21. The van der Waals surface area contributed by atoms with Gasteiger partial charge in [-0.2, -0.15) is 4.98 Å². The standard InChI is InChI=1S/C15H15ClN4S/c16-15-18-12-10-3-1-2-4-11(10)21-13(12)14(19-15)20-7-5-9(17)6-8-20/h1-4,9H,5-8,17H2. The minimum Gasteiger partial charge on any atom is -0.355 e. The van der Waals surface area contributed by atoms with E-state index in [1.807, 2.05) is 12.1 Å². The van der Waals surface area contributed by atoms with Crippen molar-refractivity contribution >= 4 is 49.1 Å². The molecule has 2 N–H and O–H groups in total. The summed E-state index contributed by atoms with van der Waals surface area (Å²) in [6, 6.07) is 8.59. The highest BCUT2D eigenvalue weighted by atomic mass is 35.5. The fraction of sp³-hybridized carbons (Fsp3) is 0.333. The molecule has 21 heavy (non-hydrogen) atoms. The third kappa shape index (κ3) is 2.25. The molecule has 1 aliphatic heterocycles. The van der Waals surface area contributed by atoms with Gasteiger partial charge in [0.05, 0.1) is 10.2 Å². The second-order valence-corrected chi connectivity index (χ2v) is 6.81. The first-order valence-corrected chi connectivity index (χ1v) is 8.27. The third-order valence-electron chi connectivity index (χ3n) is 4.01. The van der Waals surface area contributed by atoms with Crippen molar-refractivity contribution in [3.63, 3.8) is 0 Å². The van der Waals surface area contributed by atoms with Gasteiger partial charge < -0.3 is 10.6 Å². The lowest BCUT2D eigenvalue weighted by Crippen LogP contribution is -2.40. The van der Waals surface area contributed by atoms with E-state index in [4.69, 9.17) is 17.3 Å². The van der Waals surface area contributed by atoms with Gasteiger partial charge in [-0.1, -0.05) is 18.2 Å². The number of fused-ring (bicyclic) bond motifs is 3. The van der Waals surface area contributed by atoms with Gasteiger partial charge in [-0.25, -0.2) is 4.98 Å². The SMILES string of the molecule is NC1CCN(c2nc(Cl)nc3c2sc2ccccc23)CC1. The Morgan fingerprint density at radius 1 is 1.19 bits per heavy atom. The molecule has 0 spiro atoms. The van der Waals surface area contributed by atoms with Crippen LogP contribution < -0.4 is 10.6 Å². The molecule has 3 heterocycles. The van der Waals surface area contributed by atoms with Gasteiger partial charge >= 0.3 is 0 Å². The summed E-state index contributed by atoms with van der Waals surface area (Å²) < 4.78 is 2.34. The minimum atomic E-state index is 0.302. The summed E-state index contributed by atoms with van der Waals surface area (Å²) in [5.74, 6) is 0.957. The smallest absolute Gasteiger partial charge is 0.224 e. The first-order chi connectivity index (χ1) is 10.2. The van der Waals surface area contributed by atoms with Crippen LogP contribution in [0.5, 0.6) is 0 Å². The van der Waals surface area contributed by atoms with Crippen LogP contribution in [0.25, 0.3) is 20.3 Å². The number of hydrogen-bond donors (Lipinski definition) is 1. The normalized spacial score (nSPS) is 17.0. The Morgan fingerprint density at radius 3 is 2.76 bits per heavy atom. The van der Waals surface area contributed by atoms with Crippen LogP contribution in [0, 0.1) is 0 Å². The number of benzene rings is 1. The Hall–Kier alpha value is -1.43. The van der Waals surface area contributed by atoms with E-state index in [1.54, 1.807) is 11.3 Å². The zero-order chi connectivity index (χ0) is 14.4. The number of thiophene rings is 1. The van der Waals surface area contributed by atoms with Gasteiger partial charge in [-0.15, -0.1) is 11.3 Å². The number of hydrogen-bond acceptors (Lipinski definition) is 5. The van der Waals surface area contributed by atoms with Crippen LogP contribution in [0.1, 0.15) is 12.8 Å². The Balaban J connectivity index is 1.91. The third-order valence-corrected chi connectivity index (χ3v) is 5.34. The van der Waals surface area contributed by atoms with Gasteiger partial charge in [-0.05, 0) is 30.5 Å². The molecule has 0 amide bonds. The van der Waals surface area contributed by atoms with Crippen LogP contribution in [0.4, 0.5) is 5.82 Å². The Bertz CT molecular complexity index is 808. The van der Waals surface area contributed by atoms with Crippen LogP contribution in [-0.2, 0) is 0 Å². The highest BCUT2D eigenvalue weighted by Crippen LogP contribution is 2.38.